The third-order valence-corrected chi connectivity index (χ3v) is 2.17. The molecule has 1 aromatic rings. The van der Waals surface area contributed by atoms with Gasteiger partial charge in [0.1, 0.15) is 5.69 Å². The number of esters is 1. The van der Waals surface area contributed by atoms with Gasteiger partial charge in [0.15, 0.2) is 0 Å². The highest BCUT2D eigenvalue weighted by Crippen LogP contribution is 2.12. The van der Waals surface area contributed by atoms with Gasteiger partial charge in [0.2, 0.25) is 5.01 Å². The average molecular weight is 220 g/mol. The molecule has 0 aliphatic carbocycles. The second-order valence-corrected chi connectivity index (χ2v) is 3.23. The van der Waals surface area contributed by atoms with Crippen LogP contribution in [0.1, 0.15) is 27.2 Å². The molecule has 0 radical (unpaired) electrons. The van der Waals surface area contributed by atoms with Crippen LogP contribution < -0.4 is 0 Å². The molecule has 0 aliphatic heterocycles. The first-order valence-electron chi connectivity index (χ1n) is 3.47. The van der Waals surface area contributed by atoms with E-state index < -0.39 is 11.2 Å². The summed E-state index contributed by atoms with van der Waals surface area (Å²) < 4.78 is 4.68. The molecule has 0 saturated heterocycles. The van der Waals surface area contributed by atoms with Gasteiger partial charge in [0, 0.05) is 5.38 Å². The Hall–Kier alpha value is -0.940. The molecule has 0 N–H and O–H groups in total. The van der Waals surface area contributed by atoms with Crippen LogP contribution in [0.25, 0.3) is 0 Å². The standard InChI is InChI=1S/C7H6ClNO3S/c1-2-12-7(11)6-9-4(3-13-6)5(8)10/h3H,2H2,1H3. The lowest BCUT2D eigenvalue weighted by atomic mass is 10.5. The molecule has 0 aliphatic rings. The fourth-order valence-corrected chi connectivity index (χ4v) is 1.50. The maximum absolute atomic E-state index is 11.1. The van der Waals surface area contributed by atoms with E-state index in [9.17, 15) is 9.59 Å². The Morgan fingerprint density at radius 3 is 2.85 bits per heavy atom. The van der Waals surface area contributed by atoms with Gasteiger partial charge >= 0.3 is 5.97 Å². The number of hydrogen-bond acceptors (Lipinski definition) is 5. The minimum absolute atomic E-state index is 0.0784. The molecule has 4 nitrogen and oxygen atoms in total. The number of nitrogens with zero attached hydrogens (tertiary/aromatic N) is 1. The molecule has 6 heteroatoms. The van der Waals surface area contributed by atoms with E-state index in [1.54, 1.807) is 6.92 Å². The number of rotatable bonds is 3. The molecule has 1 aromatic heterocycles. The minimum atomic E-state index is -0.674. The number of thiazole rings is 1. The smallest absolute Gasteiger partial charge is 0.367 e. The predicted molar refractivity (Wildman–Crippen MR) is 48.3 cm³/mol. The maximum atomic E-state index is 11.1. The quantitative estimate of drug-likeness (QED) is 0.574. The predicted octanol–water partition coefficient (Wildman–Crippen LogP) is 1.70. The third kappa shape index (κ3) is 2.50. The summed E-state index contributed by atoms with van der Waals surface area (Å²) in [5.41, 5.74) is 0.0784. The second-order valence-electron chi connectivity index (χ2n) is 2.03. The first kappa shape index (κ1) is 10.1. The summed E-state index contributed by atoms with van der Waals surface area (Å²) in [6.45, 7) is 1.97. The molecule has 13 heavy (non-hydrogen) atoms. The van der Waals surface area contributed by atoms with E-state index >= 15 is 0 Å². The van der Waals surface area contributed by atoms with E-state index in [2.05, 4.69) is 9.72 Å². The van der Waals surface area contributed by atoms with Crippen molar-refractivity contribution in [3.05, 3.63) is 16.1 Å². The van der Waals surface area contributed by atoms with Crippen LogP contribution >= 0.6 is 22.9 Å². The topological polar surface area (TPSA) is 56.3 Å². The van der Waals surface area contributed by atoms with Crippen LogP contribution in [-0.2, 0) is 4.74 Å². The molecule has 70 valence electrons. The molecule has 0 aromatic carbocycles. The number of aromatic nitrogens is 1. The number of ether oxygens (including phenoxy) is 1. The molecule has 0 unspecified atom stereocenters. The van der Waals surface area contributed by atoms with Crippen LogP contribution in [0.4, 0.5) is 0 Å². The molecular weight excluding hydrogens is 214 g/mol. The van der Waals surface area contributed by atoms with Gasteiger partial charge in [-0.1, -0.05) is 0 Å². The number of halogens is 1. The number of carbonyl (C=O) groups is 2. The highest BCUT2D eigenvalue weighted by atomic mass is 35.5. The molecule has 0 spiro atoms. The molecule has 0 saturated carbocycles. The van der Waals surface area contributed by atoms with Gasteiger partial charge < -0.3 is 4.74 Å². The Balaban J connectivity index is 2.79. The Morgan fingerprint density at radius 2 is 2.38 bits per heavy atom. The summed E-state index contributed by atoms with van der Waals surface area (Å²) in [5, 5.41) is 0.888. The van der Waals surface area contributed by atoms with Gasteiger partial charge in [-0.25, -0.2) is 9.78 Å². The van der Waals surface area contributed by atoms with Gasteiger partial charge in [-0.3, -0.25) is 4.79 Å². The number of carbonyl (C=O) groups excluding carboxylic acids is 2. The fourth-order valence-electron chi connectivity index (χ4n) is 0.651. The van der Waals surface area contributed by atoms with Crippen molar-refractivity contribution < 1.29 is 14.3 Å². The monoisotopic (exact) mass is 219 g/mol. The van der Waals surface area contributed by atoms with Crippen LogP contribution in [0.2, 0.25) is 0 Å². The van der Waals surface area contributed by atoms with E-state index in [0.717, 1.165) is 11.3 Å². The van der Waals surface area contributed by atoms with Gasteiger partial charge in [0.05, 0.1) is 6.61 Å². The lowest BCUT2D eigenvalue weighted by Crippen LogP contribution is -2.04. The SMILES string of the molecule is CCOC(=O)c1nc(C(=O)Cl)cs1. The summed E-state index contributed by atoms with van der Waals surface area (Å²) in [4.78, 5) is 25.3. The molecule has 0 amide bonds. The van der Waals surface area contributed by atoms with Crippen molar-refractivity contribution in [1.82, 2.24) is 4.98 Å². The van der Waals surface area contributed by atoms with E-state index in [1.165, 1.54) is 5.38 Å². The average Bonchev–Trinajstić information content (AvgIpc) is 2.52. The van der Waals surface area contributed by atoms with Crippen molar-refractivity contribution in [3.63, 3.8) is 0 Å². The maximum Gasteiger partial charge on any atom is 0.367 e. The van der Waals surface area contributed by atoms with Gasteiger partial charge in [-0.2, -0.15) is 0 Å². The normalized spacial score (nSPS) is 9.69. The zero-order valence-electron chi connectivity index (χ0n) is 6.74. The van der Waals surface area contributed by atoms with Crippen molar-refractivity contribution in [2.75, 3.05) is 6.61 Å². The van der Waals surface area contributed by atoms with Crippen LogP contribution in [0.15, 0.2) is 5.38 Å². The summed E-state index contributed by atoms with van der Waals surface area (Å²) in [6.07, 6.45) is 0. The van der Waals surface area contributed by atoms with Crippen molar-refractivity contribution in [2.45, 2.75) is 6.92 Å². The molecule has 1 heterocycles. The van der Waals surface area contributed by atoms with Crippen molar-refractivity contribution in [2.24, 2.45) is 0 Å². The second kappa shape index (κ2) is 4.34. The molecular formula is C7H6ClNO3S. The van der Waals surface area contributed by atoms with Crippen molar-refractivity contribution >= 4 is 34.1 Å². The van der Waals surface area contributed by atoms with Gasteiger partial charge in [-0.05, 0) is 18.5 Å². The highest BCUT2D eigenvalue weighted by molar-refractivity contribution is 7.12. The first-order valence-corrected chi connectivity index (χ1v) is 4.73. The molecule has 0 atom stereocenters. The number of hydrogen-bond donors (Lipinski definition) is 0. The van der Waals surface area contributed by atoms with Crippen LogP contribution in [0.3, 0.4) is 0 Å². The van der Waals surface area contributed by atoms with Crippen LogP contribution in [0.5, 0.6) is 0 Å². The Bertz CT molecular complexity index is 336. The van der Waals surface area contributed by atoms with Crippen molar-refractivity contribution in [3.8, 4) is 0 Å². The van der Waals surface area contributed by atoms with E-state index in [1.807, 2.05) is 0 Å². The zero-order chi connectivity index (χ0) is 9.84. The Morgan fingerprint density at radius 1 is 1.69 bits per heavy atom. The van der Waals surface area contributed by atoms with Gasteiger partial charge in [-0.15, -0.1) is 11.3 Å². The summed E-state index contributed by atoms with van der Waals surface area (Å²) >= 11 is 6.19. The molecule has 1 rings (SSSR count). The molecule has 0 fully saturated rings. The lowest BCUT2D eigenvalue weighted by Gasteiger charge is -1.94. The zero-order valence-corrected chi connectivity index (χ0v) is 8.32. The third-order valence-electron chi connectivity index (χ3n) is 1.16. The van der Waals surface area contributed by atoms with E-state index in [-0.39, 0.29) is 17.3 Å². The van der Waals surface area contributed by atoms with Crippen LogP contribution in [0, 0.1) is 0 Å². The highest BCUT2D eigenvalue weighted by Gasteiger charge is 2.14. The van der Waals surface area contributed by atoms with E-state index in [4.69, 9.17) is 11.6 Å². The Labute approximate surface area is 83.5 Å². The fraction of sp³-hybridized carbons (Fsp3) is 0.286. The van der Waals surface area contributed by atoms with E-state index in [0.29, 0.717) is 0 Å². The summed E-state index contributed by atoms with van der Waals surface area (Å²) in [5.74, 6) is -0.531. The Kier molecular flexibility index (Phi) is 3.39. The summed E-state index contributed by atoms with van der Waals surface area (Å²) in [6, 6.07) is 0. The first-order chi connectivity index (χ1) is 6.15. The lowest BCUT2D eigenvalue weighted by molar-refractivity contribution is 0.0526. The van der Waals surface area contributed by atoms with Gasteiger partial charge in [0.25, 0.3) is 5.24 Å². The summed E-state index contributed by atoms with van der Waals surface area (Å²) in [7, 11) is 0. The largest absolute Gasteiger partial charge is 0.461 e. The minimum Gasteiger partial charge on any atom is -0.461 e. The van der Waals surface area contributed by atoms with Crippen LogP contribution in [-0.4, -0.2) is 22.8 Å². The van der Waals surface area contributed by atoms with Crippen molar-refractivity contribution in [1.29, 1.82) is 0 Å². The molecule has 0 bridgehead atoms.